The maximum atomic E-state index is 12.0. The van der Waals surface area contributed by atoms with E-state index < -0.39 is 0 Å². The molecule has 1 heterocycles. The molecule has 1 aromatic heterocycles. The highest BCUT2D eigenvalue weighted by Gasteiger charge is 2.23. The van der Waals surface area contributed by atoms with E-state index in [2.05, 4.69) is 31.9 Å². The van der Waals surface area contributed by atoms with E-state index in [0.717, 1.165) is 16.6 Å². The summed E-state index contributed by atoms with van der Waals surface area (Å²) < 4.78 is 0.916. The molecule has 3 amide bonds. The van der Waals surface area contributed by atoms with Crippen LogP contribution in [-0.2, 0) is 0 Å². The molecule has 1 fully saturated rings. The number of carbonyl (C=O) groups is 2. The Morgan fingerprint density at radius 1 is 1.09 bits per heavy atom. The van der Waals surface area contributed by atoms with Gasteiger partial charge in [0.2, 0.25) is 0 Å². The SMILES string of the molecule is O=C(Nc1ccc(NC(=O)c2csc(Br)c2)cc1)NC1CC1. The molecular formula is C15H14BrN3O2S. The Balaban J connectivity index is 1.56. The van der Waals surface area contributed by atoms with Gasteiger partial charge in [-0.3, -0.25) is 4.79 Å². The van der Waals surface area contributed by atoms with Crippen LogP contribution in [0.3, 0.4) is 0 Å². The van der Waals surface area contributed by atoms with Gasteiger partial charge in [0.05, 0.1) is 9.35 Å². The smallest absolute Gasteiger partial charge is 0.319 e. The summed E-state index contributed by atoms with van der Waals surface area (Å²) in [6.07, 6.45) is 2.11. The molecule has 0 atom stereocenters. The molecule has 0 spiro atoms. The predicted octanol–water partition coefficient (Wildman–Crippen LogP) is 4.05. The van der Waals surface area contributed by atoms with Crippen LogP contribution >= 0.6 is 27.3 Å². The third kappa shape index (κ3) is 4.08. The Bertz CT molecular complexity index is 695. The van der Waals surface area contributed by atoms with E-state index in [0.29, 0.717) is 23.0 Å². The van der Waals surface area contributed by atoms with Gasteiger partial charge in [-0.05, 0) is 59.1 Å². The first-order valence-electron chi connectivity index (χ1n) is 6.83. The highest BCUT2D eigenvalue weighted by atomic mass is 79.9. The Morgan fingerprint density at radius 3 is 2.27 bits per heavy atom. The monoisotopic (exact) mass is 379 g/mol. The fourth-order valence-electron chi connectivity index (χ4n) is 1.85. The van der Waals surface area contributed by atoms with Crippen molar-refractivity contribution in [3.8, 4) is 0 Å². The van der Waals surface area contributed by atoms with Gasteiger partial charge >= 0.3 is 6.03 Å². The molecule has 0 radical (unpaired) electrons. The first kappa shape index (κ1) is 15.1. The fourth-order valence-corrected chi connectivity index (χ4v) is 2.99. The summed E-state index contributed by atoms with van der Waals surface area (Å²) in [5.74, 6) is -0.158. The van der Waals surface area contributed by atoms with Crippen LogP contribution in [0.4, 0.5) is 16.2 Å². The minimum Gasteiger partial charge on any atom is -0.335 e. The summed E-state index contributed by atoms with van der Waals surface area (Å²) in [5, 5.41) is 10.2. The zero-order valence-corrected chi connectivity index (χ0v) is 14.0. The van der Waals surface area contributed by atoms with Gasteiger partial charge in [0.15, 0.2) is 0 Å². The molecule has 7 heteroatoms. The van der Waals surface area contributed by atoms with Crippen LogP contribution in [0, 0.1) is 0 Å². The number of thiophene rings is 1. The van der Waals surface area contributed by atoms with Crippen molar-refractivity contribution in [1.29, 1.82) is 0 Å². The van der Waals surface area contributed by atoms with Crippen LogP contribution in [0.5, 0.6) is 0 Å². The quantitative estimate of drug-likeness (QED) is 0.749. The second-order valence-electron chi connectivity index (χ2n) is 5.04. The average Bonchev–Trinajstić information content (AvgIpc) is 3.18. The third-order valence-electron chi connectivity index (χ3n) is 3.14. The summed E-state index contributed by atoms with van der Waals surface area (Å²) in [6, 6.07) is 8.93. The van der Waals surface area contributed by atoms with Gasteiger partial charge in [-0.15, -0.1) is 11.3 Å². The summed E-state index contributed by atoms with van der Waals surface area (Å²) in [7, 11) is 0. The minimum atomic E-state index is -0.192. The number of anilines is 2. The van der Waals surface area contributed by atoms with Gasteiger partial charge in [-0.2, -0.15) is 0 Å². The van der Waals surface area contributed by atoms with Crippen molar-refractivity contribution >= 4 is 50.6 Å². The average molecular weight is 380 g/mol. The summed E-state index contributed by atoms with van der Waals surface area (Å²) >= 11 is 4.80. The maximum Gasteiger partial charge on any atom is 0.319 e. The highest BCUT2D eigenvalue weighted by Crippen LogP contribution is 2.22. The molecular weight excluding hydrogens is 366 g/mol. The molecule has 1 saturated carbocycles. The normalized spacial score (nSPS) is 13.5. The van der Waals surface area contributed by atoms with E-state index in [1.165, 1.54) is 11.3 Å². The number of nitrogens with one attached hydrogen (secondary N) is 3. The standard InChI is InChI=1S/C15H14BrN3O2S/c16-13-7-9(8-22-13)14(20)17-10-1-3-11(4-2-10)18-15(21)19-12-5-6-12/h1-4,7-8,12H,5-6H2,(H,17,20)(H2,18,19,21). The lowest BCUT2D eigenvalue weighted by atomic mass is 10.2. The zero-order valence-electron chi connectivity index (χ0n) is 11.6. The molecule has 3 rings (SSSR count). The lowest BCUT2D eigenvalue weighted by Gasteiger charge is -2.08. The van der Waals surface area contributed by atoms with Crippen LogP contribution in [0.15, 0.2) is 39.5 Å². The number of urea groups is 1. The van der Waals surface area contributed by atoms with Crippen LogP contribution in [0.1, 0.15) is 23.2 Å². The van der Waals surface area contributed by atoms with Crippen molar-refractivity contribution in [2.75, 3.05) is 10.6 Å². The summed E-state index contributed by atoms with van der Waals surface area (Å²) in [4.78, 5) is 23.6. The lowest BCUT2D eigenvalue weighted by molar-refractivity contribution is 0.102. The first-order chi connectivity index (χ1) is 10.6. The van der Waals surface area contributed by atoms with Crippen molar-refractivity contribution in [3.63, 3.8) is 0 Å². The van der Waals surface area contributed by atoms with Crippen molar-refractivity contribution < 1.29 is 9.59 Å². The Hall–Kier alpha value is -1.86. The molecule has 0 saturated heterocycles. The van der Waals surface area contributed by atoms with Gasteiger partial charge in [0, 0.05) is 22.8 Å². The summed E-state index contributed by atoms with van der Waals surface area (Å²) in [5.41, 5.74) is 1.98. The van der Waals surface area contributed by atoms with Crippen molar-refractivity contribution in [2.24, 2.45) is 0 Å². The predicted molar refractivity (Wildman–Crippen MR) is 91.6 cm³/mol. The topological polar surface area (TPSA) is 70.2 Å². The molecule has 0 unspecified atom stereocenters. The van der Waals surface area contributed by atoms with Crippen molar-refractivity contribution in [3.05, 3.63) is 45.1 Å². The zero-order chi connectivity index (χ0) is 15.5. The molecule has 1 aliphatic carbocycles. The van der Waals surface area contributed by atoms with Gasteiger partial charge in [-0.25, -0.2) is 4.79 Å². The molecule has 0 bridgehead atoms. The number of amides is 3. The second-order valence-corrected chi connectivity index (χ2v) is 7.33. The summed E-state index contributed by atoms with van der Waals surface area (Å²) in [6.45, 7) is 0. The van der Waals surface area contributed by atoms with E-state index in [9.17, 15) is 9.59 Å². The molecule has 114 valence electrons. The first-order valence-corrected chi connectivity index (χ1v) is 8.50. The van der Waals surface area contributed by atoms with Gasteiger partial charge in [-0.1, -0.05) is 0 Å². The lowest BCUT2D eigenvalue weighted by Crippen LogP contribution is -2.30. The number of halogens is 1. The number of carbonyl (C=O) groups excluding carboxylic acids is 2. The maximum absolute atomic E-state index is 12.0. The highest BCUT2D eigenvalue weighted by molar-refractivity contribution is 9.11. The Labute approximate surface area is 140 Å². The fraction of sp³-hybridized carbons (Fsp3) is 0.200. The van der Waals surface area contributed by atoms with Crippen LogP contribution < -0.4 is 16.0 Å². The van der Waals surface area contributed by atoms with E-state index in [1.807, 2.05) is 0 Å². The van der Waals surface area contributed by atoms with E-state index >= 15 is 0 Å². The number of hydrogen-bond acceptors (Lipinski definition) is 3. The third-order valence-corrected chi connectivity index (χ3v) is 4.65. The Morgan fingerprint density at radius 2 is 1.73 bits per heavy atom. The van der Waals surface area contributed by atoms with Crippen LogP contribution in [-0.4, -0.2) is 18.0 Å². The van der Waals surface area contributed by atoms with E-state index in [-0.39, 0.29) is 11.9 Å². The number of rotatable bonds is 4. The van der Waals surface area contributed by atoms with Crippen LogP contribution in [0.2, 0.25) is 0 Å². The van der Waals surface area contributed by atoms with Gasteiger partial charge in [0.25, 0.3) is 5.91 Å². The number of hydrogen-bond donors (Lipinski definition) is 3. The van der Waals surface area contributed by atoms with Crippen molar-refractivity contribution in [1.82, 2.24) is 5.32 Å². The molecule has 1 aromatic carbocycles. The van der Waals surface area contributed by atoms with Crippen LogP contribution in [0.25, 0.3) is 0 Å². The number of benzene rings is 1. The van der Waals surface area contributed by atoms with E-state index in [4.69, 9.17) is 0 Å². The minimum absolute atomic E-state index is 0.158. The van der Waals surface area contributed by atoms with Crippen molar-refractivity contribution in [2.45, 2.75) is 18.9 Å². The molecule has 1 aliphatic rings. The molecule has 0 aliphatic heterocycles. The molecule has 2 aromatic rings. The molecule has 22 heavy (non-hydrogen) atoms. The largest absolute Gasteiger partial charge is 0.335 e. The second kappa shape index (κ2) is 6.50. The molecule has 3 N–H and O–H groups in total. The van der Waals surface area contributed by atoms with Gasteiger partial charge < -0.3 is 16.0 Å². The van der Waals surface area contributed by atoms with E-state index in [1.54, 1.807) is 35.7 Å². The molecule has 5 nitrogen and oxygen atoms in total. The van der Waals surface area contributed by atoms with Gasteiger partial charge in [0.1, 0.15) is 0 Å². The Kier molecular flexibility index (Phi) is 4.44.